The monoisotopic (exact) mass is 433 g/mol. The van der Waals surface area contributed by atoms with Crippen LogP contribution in [-0.2, 0) is 9.63 Å². The number of hydrogen-bond acceptors (Lipinski definition) is 4. The summed E-state index contributed by atoms with van der Waals surface area (Å²) in [6.45, 7) is 4.37. The lowest BCUT2D eigenvalue weighted by Gasteiger charge is -2.07. The molecular weight excluding hydrogens is 390 g/mol. The first-order chi connectivity index (χ1) is 15.1. The van der Waals surface area contributed by atoms with Gasteiger partial charge in [0.2, 0.25) is 6.61 Å². The van der Waals surface area contributed by atoms with Crippen LogP contribution >= 0.6 is 0 Å². The first-order valence-electron chi connectivity index (χ1n) is 12.2. The third-order valence-corrected chi connectivity index (χ3v) is 5.43. The van der Waals surface area contributed by atoms with E-state index in [1.54, 1.807) is 6.92 Å². The van der Waals surface area contributed by atoms with Gasteiger partial charge in [-0.2, -0.15) is 0 Å². The van der Waals surface area contributed by atoms with E-state index in [2.05, 4.69) is 12.1 Å². The number of ether oxygens (including phenoxy) is 1. The fraction of sp³-hybridized carbons (Fsp3) is 0.692. The molecule has 31 heavy (non-hydrogen) atoms. The molecule has 0 unspecified atom stereocenters. The van der Waals surface area contributed by atoms with E-state index in [0.717, 1.165) is 24.3 Å². The lowest BCUT2D eigenvalue weighted by molar-refractivity contribution is -0.142. The van der Waals surface area contributed by atoms with E-state index in [1.807, 2.05) is 24.3 Å². The molecule has 5 heteroatoms. The van der Waals surface area contributed by atoms with Gasteiger partial charge >= 0.3 is 5.97 Å². The summed E-state index contributed by atoms with van der Waals surface area (Å²) in [5.74, 6) is -0.193. The zero-order chi connectivity index (χ0) is 22.6. The van der Waals surface area contributed by atoms with Gasteiger partial charge in [-0.25, -0.2) is 4.79 Å². The van der Waals surface area contributed by atoms with Gasteiger partial charge in [0.1, 0.15) is 5.75 Å². The van der Waals surface area contributed by atoms with Gasteiger partial charge in [0.15, 0.2) is 0 Å². The van der Waals surface area contributed by atoms with Crippen LogP contribution in [0.15, 0.2) is 29.4 Å². The Hall–Kier alpha value is -2.04. The lowest BCUT2D eigenvalue weighted by atomic mass is 10.0. The molecule has 5 nitrogen and oxygen atoms in total. The molecule has 0 atom stereocenters. The Bertz CT molecular complexity index is 598. The SMILES string of the molecule is CCCCCCCCCCCCCCCCOc1ccc(/C(C)=N/OCC(=O)O)cc1. The third-order valence-electron chi connectivity index (χ3n) is 5.43. The Labute approximate surface area is 189 Å². The van der Waals surface area contributed by atoms with Crippen LogP contribution in [0.3, 0.4) is 0 Å². The molecule has 0 saturated carbocycles. The highest BCUT2D eigenvalue weighted by Gasteiger charge is 2.01. The van der Waals surface area contributed by atoms with Gasteiger partial charge in [0, 0.05) is 0 Å². The van der Waals surface area contributed by atoms with Crippen molar-refractivity contribution in [2.75, 3.05) is 13.2 Å². The number of unbranched alkanes of at least 4 members (excludes halogenated alkanes) is 13. The van der Waals surface area contributed by atoms with Gasteiger partial charge in [0.05, 0.1) is 12.3 Å². The van der Waals surface area contributed by atoms with Crippen molar-refractivity contribution < 1.29 is 19.5 Å². The molecule has 176 valence electrons. The van der Waals surface area contributed by atoms with Crippen LogP contribution in [0.4, 0.5) is 0 Å². The normalized spacial score (nSPS) is 11.5. The summed E-state index contributed by atoms with van der Waals surface area (Å²) in [5, 5.41) is 12.4. The molecular formula is C26H43NO4. The topological polar surface area (TPSA) is 68.1 Å². The minimum atomic E-state index is -1.04. The van der Waals surface area contributed by atoms with Gasteiger partial charge in [0.25, 0.3) is 0 Å². The Morgan fingerprint density at radius 2 is 1.29 bits per heavy atom. The molecule has 0 saturated heterocycles. The smallest absolute Gasteiger partial charge is 0.344 e. The van der Waals surface area contributed by atoms with E-state index in [4.69, 9.17) is 14.7 Å². The standard InChI is InChI=1S/C26H43NO4/c1-3-4-5-6-7-8-9-10-11-12-13-14-15-16-21-30-25-19-17-24(18-20-25)23(2)27-31-22-26(28)29/h17-20H,3-16,21-22H2,1-2H3,(H,28,29)/b27-23+. The molecule has 0 bridgehead atoms. The van der Waals surface area contributed by atoms with Crippen LogP contribution in [0, 0.1) is 0 Å². The summed E-state index contributed by atoms with van der Waals surface area (Å²) in [7, 11) is 0. The second-order valence-corrected chi connectivity index (χ2v) is 8.31. The van der Waals surface area contributed by atoms with Crippen LogP contribution in [0.2, 0.25) is 0 Å². The van der Waals surface area contributed by atoms with Crippen molar-refractivity contribution in [3.8, 4) is 5.75 Å². The minimum Gasteiger partial charge on any atom is -0.494 e. The van der Waals surface area contributed by atoms with Crippen molar-refractivity contribution in [2.45, 2.75) is 104 Å². The Morgan fingerprint density at radius 3 is 1.77 bits per heavy atom. The van der Waals surface area contributed by atoms with E-state index in [9.17, 15) is 4.79 Å². The molecule has 0 spiro atoms. The fourth-order valence-electron chi connectivity index (χ4n) is 3.52. The van der Waals surface area contributed by atoms with Gasteiger partial charge in [-0.3, -0.25) is 0 Å². The summed E-state index contributed by atoms with van der Waals surface area (Å²) in [6.07, 6.45) is 19.0. The molecule has 0 amide bonds. The van der Waals surface area contributed by atoms with E-state index in [-0.39, 0.29) is 0 Å². The van der Waals surface area contributed by atoms with Crippen LogP contribution in [0.5, 0.6) is 5.75 Å². The molecule has 1 aromatic rings. The maximum atomic E-state index is 10.4. The second-order valence-electron chi connectivity index (χ2n) is 8.31. The maximum Gasteiger partial charge on any atom is 0.344 e. The van der Waals surface area contributed by atoms with Crippen molar-refractivity contribution in [3.63, 3.8) is 0 Å². The van der Waals surface area contributed by atoms with Gasteiger partial charge in [-0.05, 0) is 43.2 Å². The Morgan fingerprint density at radius 1 is 0.806 bits per heavy atom. The Balaban J connectivity index is 1.97. The van der Waals surface area contributed by atoms with Crippen molar-refractivity contribution in [1.29, 1.82) is 0 Å². The highest BCUT2D eigenvalue weighted by molar-refractivity contribution is 5.98. The largest absolute Gasteiger partial charge is 0.494 e. The third kappa shape index (κ3) is 15.4. The first kappa shape index (κ1) is 27.0. The number of nitrogens with zero attached hydrogens (tertiary/aromatic N) is 1. The number of benzene rings is 1. The number of carbonyl (C=O) groups is 1. The van der Waals surface area contributed by atoms with Crippen molar-refractivity contribution in [2.24, 2.45) is 5.16 Å². The first-order valence-corrected chi connectivity index (χ1v) is 12.2. The molecule has 0 aliphatic rings. The average molecular weight is 434 g/mol. The van der Waals surface area contributed by atoms with Crippen molar-refractivity contribution in [3.05, 3.63) is 29.8 Å². The minimum absolute atomic E-state index is 0.433. The highest BCUT2D eigenvalue weighted by Crippen LogP contribution is 2.15. The molecule has 0 radical (unpaired) electrons. The molecule has 1 rings (SSSR count). The number of hydrogen-bond donors (Lipinski definition) is 1. The maximum absolute atomic E-state index is 10.4. The molecule has 0 aromatic heterocycles. The molecule has 1 aromatic carbocycles. The molecule has 0 aliphatic carbocycles. The van der Waals surface area contributed by atoms with Crippen molar-refractivity contribution in [1.82, 2.24) is 0 Å². The lowest BCUT2D eigenvalue weighted by Crippen LogP contribution is -2.05. The van der Waals surface area contributed by atoms with E-state index < -0.39 is 12.6 Å². The quantitative estimate of drug-likeness (QED) is 0.132. The number of aliphatic carboxylic acids is 1. The van der Waals surface area contributed by atoms with Gasteiger partial charge in [-0.15, -0.1) is 0 Å². The van der Waals surface area contributed by atoms with Crippen LogP contribution in [-0.4, -0.2) is 30.0 Å². The summed E-state index contributed by atoms with van der Waals surface area (Å²) in [5.41, 5.74) is 1.52. The predicted octanol–water partition coefficient (Wildman–Crippen LogP) is 7.37. The summed E-state index contributed by atoms with van der Waals surface area (Å²) in [6, 6.07) is 7.64. The fourth-order valence-corrected chi connectivity index (χ4v) is 3.52. The second kappa shape index (κ2) is 18.7. The molecule has 0 heterocycles. The summed E-state index contributed by atoms with van der Waals surface area (Å²) in [4.78, 5) is 15.2. The zero-order valence-corrected chi connectivity index (χ0v) is 19.7. The predicted molar refractivity (Wildman–Crippen MR) is 128 cm³/mol. The average Bonchev–Trinajstić information content (AvgIpc) is 2.76. The van der Waals surface area contributed by atoms with Gasteiger partial charge in [-0.1, -0.05) is 95.6 Å². The highest BCUT2D eigenvalue weighted by atomic mass is 16.6. The summed E-state index contributed by atoms with van der Waals surface area (Å²) >= 11 is 0. The molecule has 0 aliphatic heterocycles. The van der Waals surface area contributed by atoms with Crippen molar-refractivity contribution >= 4 is 11.7 Å². The molecule has 0 fully saturated rings. The molecule has 1 N–H and O–H groups in total. The zero-order valence-electron chi connectivity index (χ0n) is 19.7. The van der Waals surface area contributed by atoms with Crippen LogP contribution < -0.4 is 4.74 Å². The number of carboxylic acid groups (broad SMARTS) is 1. The van der Waals surface area contributed by atoms with Gasteiger partial charge < -0.3 is 14.7 Å². The van der Waals surface area contributed by atoms with E-state index >= 15 is 0 Å². The number of oxime groups is 1. The number of rotatable bonds is 20. The Kier molecular flexibility index (Phi) is 16.3. The van der Waals surface area contributed by atoms with E-state index in [0.29, 0.717) is 5.71 Å². The van der Waals surface area contributed by atoms with E-state index in [1.165, 1.54) is 83.5 Å². The summed E-state index contributed by atoms with van der Waals surface area (Å²) < 4.78 is 5.81. The van der Waals surface area contributed by atoms with Crippen LogP contribution in [0.1, 0.15) is 109 Å². The number of carboxylic acids is 1. The van der Waals surface area contributed by atoms with Crippen LogP contribution in [0.25, 0.3) is 0 Å².